The lowest BCUT2D eigenvalue weighted by molar-refractivity contribution is -0.132. The van der Waals surface area contributed by atoms with Crippen LogP contribution in [-0.4, -0.2) is 43.2 Å². The average molecular weight is 645 g/mol. The highest BCUT2D eigenvalue weighted by Crippen LogP contribution is 2.24. The number of benzene rings is 3. The smallest absolute Gasteiger partial charge is 0.277 e. The number of hydrogen-bond donors (Lipinski definition) is 1. The summed E-state index contributed by atoms with van der Waals surface area (Å²) in [6.07, 6.45) is 6.26. The molecule has 0 saturated carbocycles. The van der Waals surface area contributed by atoms with E-state index in [9.17, 15) is 14.0 Å². The van der Waals surface area contributed by atoms with E-state index in [1.54, 1.807) is 38.7 Å². The van der Waals surface area contributed by atoms with E-state index in [2.05, 4.69) is 10.1 Å². The van der Waals surface area contributed by atoms with E-state index in [1.165, 1.54) is 23.9 Å². The Balaban J connectivity index is 1.38. The van der Waals surface area contributed by atoms with Crippen LogP contribution in [-0.2, 0) is 37.1 Å². The first-order chi connectivity index (χ1) is 21.8. The van der Waals surface area contributed by atoms with Gasteiger partial charge < -0.3 is 15.2 Å². The first kappa shape index (κ1) is 32.2. The Kier molecular flexibility index (Phi) is 10.8. The van der Waals surface area contributed by atoms with E-state index in [4.69, 9.17) is 17.3 Å². The standard InChI is InChI=1S/C34H34ClFN6O2S/c1-40-19-26(18-38-40)17-29-21-42(34(39-33(29)44)45-23-25-5-13-31(36)14-6-25)22-32(43)41(16-2-15-37)20-24-3-7-27(8-4-24)28-9-11-30(35)12-10-28/h3-14,18-19,21H,2,15-17,20,22-23,37H2,1H3. The first-order valence-corrected chi connectivity index (χ1v) is 15.9. The molecule has 2 aromatic heterocycles. The van der Waals surface area contributed by atoms with Gasteiger partial charge in [0.2, 0.25) is 5.91 Å². The Morgan fingerprint density at radius 3 is 2.27 bits per heavy atom. The maximum absolute atomic E-state index is 13.8. The van der Waals surface area contributed by atoms with Crippen LogP contribution in [0.15, 0.2) is 101 Å². The van der Waals surface area contributed by atoms with Crippen molar-refractivity contribution < 1.29 is 9.18 Å². The second-order valence-corrected chi connectivity index (χ2v) is 12.1. The summed E-state index contributed by atoms with van der Waals surface area (Å²) < 4.78 is 16.9. The highest BCUT2D eigenvalue weighted by molar-refractivity contribution is 7.98. The largest absolute Gasteiger partial charge is 0.337 e. The molecule has 2 N–H and O–H groups in total. The van der Waals surface area contributed by atoms with Crippen molar-refractivity contribution in [3.63, 3.8) is 0 Å². The molecule has 0 saturated heterocycles. The Morgan fingerprint density at radius 1 is 0.956 bits per heavy atom. The minimum atomic E-state index is -0.357. The fourth-order valence-electron chi connectivity index (χ4n) is 4.87. The average Bonchev–Trinajstić information content (AvgIpc) is 3.45. The molecule has 3 aromatic carbocycles. The number of carbonyl (C=O) groups is 1. The number of nitrogens with two attached hydrogens (primary N) is 1. The number of rotatable bonds is 13. The Labute approximate surface area is 270 Å². The van der Waals surface area contributed by atoms with Gasteiger partial charge >= 0.3 is 0 Å². The van der Waals surface area contributed by atoms with E-state index < -0.39 is 0 Å². The van der Waals surface area contributed by atoms with Crippen LogP contribution >= 0.6 is 23.4 Å². The summed E-state index contributed by atoms with van der Waals surface area (Å²) in [6.45, 7) is 1.34. The maximum atomic E-state index is 13.8. The summed E-state index contributed by atoms with van der Waals surface area (Å²) in [4.78, 5) is 33.1. The Morgan fingerprint density at radius 2 is 1.62 bits per heavy atom. The van der Waals surface area contributed by atoms with Crippen LogP contribution in [0.3, 0.4) is 0 Å². The van der Waals surface area contributed by atoms with Crippen molar-refractivity contribution in [2.24, 2.45) is 12.8 Å². The summed E-state index contributed by atoms with van der Waals surface area (Å²) in [6, 6.07) is 21.9. The van der Waals surface area contributed by atoms with Gasteiger partial charge in [0.25, 0.3) is 5.56 Å². The zero-order valence-corrected chi connectivity index (χ0v) is 26.5. The molecule has 8 nitrogen and oxygen atoms in total. The molecule has 5 rings (SSSR count). The van der Waals surface area contributed by atoms with Crippen LogP contribution in [0.1, 0.15) is 28.7 Å². The van der Waals surface area contributed by atoms with E-state index in [0.29, 0.717) is 54.0 Å². The minimum Gasteiger partial charge on any atom is -0.337 e. The predicted molar refractivity (Wildman–Crippen MR) is 176 cm³/mol. The van der Waals surface area contributed by atoms with E-state index in [-0.39, 0.29) is 23.8 Å². The van der Waals surface area contributed by atoms with Crippen molar-refractivity contribution in [3.05, 3.63) is 135 Å². The third-order valence-electron chi connectivity index (χ3n) is 7.26. The quantitative estimate of drug-likeness (QED) is 0.131. The molecule has 0 aliphatic heterocycles. The number of halogens is 2. The van der Waals surface area contributed by atoms with Crippen LogP contribution in [0.25, 0.3) is 11.1 Å². The van der Waals surface area contributed by atoms with Gasteiger partial charge in [0.1, 0.15) is 12.4 Å². The molecule has 2 heterocycles. The lowest BCUT2D eigenvalue weighted by Gasteiger charge is -2.24. The molecule has 0 atom stereocenters. The fraction of sp³-hybridized carbons (Fsp3) is 0.235. The molecule has 0 fully saturated rings. The fourth-order valence-corrected chi connectivity index (χ4v) is 5.91. The molecule has 0 spiro atoms. The number of carbonyl (C=O) groups excluding carboxylic acids is 1. The van der Waals surface area contributed by atoms with Gasteiger partial charge in [0.05, 0.1) is 6.20 Å². The molecule has 5 aromatic rings. The zero-order valence-electron chi connectivity index (χ0n) is 24.9. The first-order valence-electron chi connectivity index (χ1n) is 14.6. The van der Waals surface area contributed by atoms with Gasteiger partial charge in [-0.05, 0) is 65.0 Å². The highest BCUT2D eigenvalue weighted by Gasteiger charge is 2.18. The van der Waals surface area contributed by atoms with Gasteiger partial charge in [-0.3, -0.25) is 14.3 Å². The molecule has 45 heavy (non-hydrogen) atoms. The van der Waals surface area contributed by atoms with E-state index in [0.717, 1.165) is 27.8 Å². The summed E-state index contributed by atoms with van der Waals surface area (Å²) >= 11 is 7.37. The van der Waals surface area contributed by atoms with Crippen molar-refractivity contribution >= 4 is 29.3 Å². The van der Waals surface area contributed by atoms with Gasteiger partial charge in [-0.25, -0.2) is 4.39 Å². The number of nitrogens with zero attached hydrogens (tertiary/aromatic N) is 5. The Hall–Kier alpha value is -4.25. The topological polar surface area (TPSA) is 99.0 Å². The molecule has 0 bridgehead atoms. The number of aryl methyl sites for hydroxylation is 1. The van der Waals surface area contributed by atoms with Gasteiger partial charge in [-0.2, -0.15) is 10.1 Å². The van der Waals surface area contributed by atoms with Crippen LogP contribution in [0, 0.1) is 5.82 Å². The molecular formula is C34H34ClFN6O2S. The van der Waals surface area contributed by atoms with E-state index in [1.807, 2.05) is 61.8 Å². The van der Waals surface area contributed by atoms with Crippen LogP contribution in [0.5, 0.6) is 0 Å². The predicted octanol–water partition coefficient (Wildman–Crippen LogP) is 5.70. The summed E-state index contributed by atoms with van der Waals surface area (Å²) in [5, 5.41) is 5.30. The molecular weight excluding hydrogens is 611 g/mol. The zero-order chi connectivity index (χ0) is 31.8. The number of amides is 1. The second-order valence-electron chi connectivity index (χ2n) is 10.8. The van der Waals surface area contributed by atoms with E-state index >= 15 is 0 Å². The molecule has 11 heteroatoms. The van der Waals surface area contributed by atoms with Crippen LogP contribution < -0.4 is 11.3 Å². The van der Waals surface area contributed by atoms with Crippen molar-refractivity contribution in [2.45, 2.75) is 36.8 Å². The monoisotopic (exact) mass is 644 g/mol. The highest BCUT2D eigenvalue weighted by atomic mass is 35.5. The van der Waals surface area contributed by atoms with Gasteiger partial charge in [-0.15, -0.1) is 0 Å². The molecule has 0 aliphatic rings. The van der Waals surface area contributed by atoms with Gasteiger partial charge in [0.15, 0.2) is 5.16 Å². The Bertz CT molecular complexity index is 1790. The van der Waals surface area contributed by atoms with Crippen molar-refractivity contribution in [1.29, 1.82) is 0 Å². The summed E-state index contributed by atoms with van der Waals surface area (Å²) in [7, 11) is 1.81. The molecule has 1 amide bonds. The number of aromatic nitrogens is 4. The SMILES string of the molecule is Cn1cc(Cc2cn(CC(=O)N(CCCN)Cc3ccc(-c4ccc(Cl)cc4)cc3)c(SCc3ccc(F)cc3)nc2=O)cn1. The molecule has 0 unspecified atom stereocenters. The molecule has 0 radical (unpaired) electrons. The van der Waals surface area contributed by atoms with Crippen molar-refractivity contribution in [2.75, 3.05) is 13.1 Å². The van der Waals surface area contributed by atoms with Gasteiger partial charge in [0, 0.05) is 55.3 Å². The summed E-state index contributed by atoms with van der Waals surface area (Å²) in [5.74, 6) is 0.0210. The van der Waals surface area contributed by atoms with Crippen molar-refractivity contribution in [1.82, 2.24) is 24.2 Å². The molecule has 232 valence electrons. The summed E-state index contributed by atoms with van der Waals surface area (Å²) in [5.41, 5.74) is 10.8. The van der Waals surface area contributed by atoms with Crippen LogP contribution in [0.2, 0.25) is 5.02 Å². The number of thioether (sulfide) groups is 1. The van der Waals surface area contributed by atoms with Crippen LogP contribution in [0.4, 0.5) is 4.39 Å². The second kappa shape index (κ2) is 15.2. The van der Waals surface area contributed by atoms with Crippen molar-refractivity contribution in [3.8, 4) is 11.1 Å². The minimum absolute atomic E-state index is 0.00744. The lowest BCUT2D eigenvalue weighted by Crippen LogP contribution is -2.36. The van der Waals surface area contributed by atoms with Gasteiger partial charge in [-0.1, -0.05) is 71.9 Å². The maximum Gasteiger partial charge on any atom is 0.277 e. The molecule has 0 aliphatic carbocycles. The third kappa shape index (κ3) is 8.91. The lowest BCUT2D eigenvalue weighted by atomic mass is 10.0. The normalized spacial score (nSPS) is 11.1. The third-order valence-corrected chi connectivity index (χ3v) is 8.57. The number of hydrogen-bond acceptors (Lipinski definition) is 6.